The monoisotopic (exact) mass is 398 g/mol. The summed E-state index contributed by atoms with van der Waals surface area (Å²) in [5.74, 6) is 1.39. The van der Waals surface area contributed by atoms with Gasteiger partial charge in [-0.3, -0.25) is 0 Å². The molecule has 0 unspecified atom stereocenters. The number of rotatable bonds is 8. The Morgan fingerprint density at radius 2 is 1.92 bits per heavy atom. The van der Waals surface area contributed by atoms with Crippen molar-refractivity contribution in [2.45, 2.75) is 29.0 Å². The van der Waals surface area contributed by atoms with E-state index in [1.807, 2.05) is 24.3 Å². The molecule has 3 atom stereocenters. The third-order valence-corrected chi connectivity index (χ3v) is 5.75. The van der Waals surface area contributed by atoms with Crippen LogP contribution in [0.3, 0.4) is 0 Å². The van der Waals surface area contributed by atoms with Crippen molar-refractivity contribution >= 4 is 28.1 Å². The molecule has 9 nitrogen and oxygen atoms in total. The van der Waals surface area contributed by atoms with Gasteiger partial charge in [0.1, 0.15) is 29.1 Å². The van der Waals surface area contributed by atoms with Crippen LogP contribution in [0.15, 0.2) is 29.2 Å². The Morgan fingerprint density at radius 1 is 1.19 bits per heavy atom. The first-order chi connectivity index (χ1) is 12.5. The molecule has 26 heavy (non-hydrogen) atoms. The summed E-state index contributed by atoms with van der Waals surface area (Å²) in [5.41, 5.74) is 0. The number of hydrogen-bond donors (Lipinski definition) is 4. The van der Waals surface area contributed by atoms with Crippen LogP contribution in [0.4, 0.5) is 0 Å². The van der Waals surface area contributed by atoms with E-state index in [9.17, 15) is 15.3 Å². The van der Waals surface area contributed by atoms with Gasteiger partial charge < -0.3 is 25.2 Å². The van der Waals surface area contributed by atoms with Crippen LogP contribution < -0.4 is 4.74 Å². The minimum absolute atomic E-state index is 0.0111. The lowest BCUT2D eigenvalue weighted by atomic mass is 10.1. The van der Waals surface area contributed by atoms with Crippen LogP contribution in [-0.4, -0.2) is 66.2 Å². The molecule has 1 aromatic carbocycles. The molecule has 0 saturated carbocycles. The van der Waals surface area contributed by atoms with Gasteiger partial charge in [-0.05, 0) is 24.3 Å². The molecule has 0 fully saturated rings. The van der Waals surface area contributed by atoms with Crippen molar-refractivity contribution in [2.24, 2.45) is 0 Å². The summed E-state index contributed by atoms with van der Waals surface area (Å²) in [6.07, 6.45) is -4.59. The summed E-state index contributed by atoms with van der Waals surface area (Å²) in [5, 5.41) is 51.2. The second kappa shape index (κ2) is 8.29. The van der Waals surface area contributed by atoms with Crippen molar-refractivity contribution in [3.8, 4) is 5.75 Å². The quantitative estimate of drug-likeness (QED) is 0.394. The maximum atomic E-state index is 10.1. The van der Waals surface area contributed by atoms with Gasteiger partial charge in [0, 0.05) is 4.90 Å². The molecule has 0 saturated heterocycles. The first-order valence-electron chi connectivity index (χ1n) is 7.66. The van der Waals surface area contributed by atoms with Gasteiger partial charge in [0.15, 0.2) is 5.82 Å². The molecule has 0 spiro atoms. The Hall–Kier alpha value is -1.76. The molecule has 0 aliphatic heterocycles. The minimum Gasteiger partial charge on any atom is -0.497 e. The van der Waals surface area contributed by atoms with Crippen molar-refractivity contribution in [1.29, 1.82) is 0 Å². The number of aliphatic hydroxyl groups is 4. The third-order valence-electron chi connectivity index (χ3n) is 3.65. The SMILES string of the molecule is COc1ccc(SCc2nn3c([C@@H](O)[C@@H](O)[C@H](O)CO)nnc3s2)cc1. The minimum atomic E-state index is -1.59. The average molecular weight is 398 g/mol. The first kappa shape index (κ1) is 19.0. The fraction of sp³-hybridized carbons (Fsp3) is 0.400. The Morgan fingerprint density at radius 3 is 2.58 bits per heavy atom. The van der Waals surface area contributed by atoms with E-state index in [2.05, 4.69) is 15.3 Å². The van der Waals surface area contributed by atoms with Crippen molar-refractivity contribution in [3.63, 3.8) is 0 Å². The van der Waals surface area contributed by atoms with Crippen LogP contribution in [0.5, 0.6) is 5.75 Å². The van der Waals surface area contributed by atoms with Crippen LogP contribution >= 0.6 is 23.1 Å². The smallest absolute Gasteiger partial charge is 0.234 e. The van der Waals surface area contributed by atoms with E-state index in [1.54, 1.807) is 18.9 Å². The zero-order valence-electron chi connectivity index (χ0n) is 13.8. The van der Waals surface area contributed by atoms with Gasteiger partial charge in [-0.2, -0.15) is 9.61 Å². The zero-order valence-corrected chi connectivity index (χ0v) is 15.4. The number of hydrogen-bond acceptors (Lipinski definition) is 10. The molecule has 3 aromatic rings. The number of ether oxygens (including phenoxy) is 1. The number of nitrogens with zero attached hydrogens (tertiary/aromatic N) is 4. The van der Waals surface area contributed by atoms with Crippen LogP contribution in [-0.2, 0) is 5.75 Å². The summed E-state index contributed by atoms with van der Waals surface area (Å²) in [7, 11) is 1.62. The van der Waals surface area contributed by atoms with Gasteiger partial charge in [0.25, 0.3) is 0 Å². The summed E-state index contributed by atoms with van der Waals surface area (Å²) < 4.78 is 6.47. The molecular formula is C15H18N4O5S2. The normalized spacial score (nSPS) is 15.1. The van der Waals surface area contributed by atoms with Crippen LogP contribution in [0.25, 0.3) is 4.96 Å². The highest BCUT2D eigenvalue weighted by molar-refractivity contribution is 7.98. The highest BCUT2D eigenvalue weighted by Crippen LogP contribution is 2.28. The molecule has 0 bridgehead atoms. The third kappa shape index (κ3) is 3.98. The number of aromatic nitrogens is 4. The highest BCUT2D eigenvalue weighted by atomic mass is 32.2. The molecule has 4 N–H and O–H groups in total. The number of thioether (sulfide) groups is 1. The highest BCUT2D eigenvalue weighted by Gasteiger charge is 2.30. The molecule has 0 aliphatic rings. The summed E-state index contributed by atoms with van der Waals surface area (Å²) >= 11 is 2.90. The van der Waals surface area contributed by atoms with E-state index in [-0.39, 0.29) is 5.82 Å². The Kier molecular flexibility index (Phi) is 6.06. The van der Waals surface area contributed by atoms with E-state index >= 15 is 0 Å². The molecule has 0 aliphatic carbocycles. The summed E-state index contributed by atoms with van der Waals surface area (Å²) in [4.78, 5) is 1.52. The predicted octanol–water partition coefficient (Wildman–Crippen LogP) is 0.234. The van der Waals surface area contributed by atoms with E-state index in [0.29, 0.717) is 10.7 Å². The van der Waals surface area contributed by atoms with Crippen molar-refractivity contribution in [2.75, 3.05) is 13.7 Å². The van der Waals surface area contributed by atoms with E-state index in [0.717, 1.165) is 15.7 Å². The molecular weight excluding hydrogens is 380 g/mol. The number of benzene rings is 1. The average Bonchev–Trinajstić information content (AvgIpc) is 3.25. The Labute approximate surface area is 156 Å². The molecule has 140 valence electrons. The van der Waals surface area contributed by atoms with Crippen molar-refractivity contribution in [1.82, 2.24) is 19.8 Å². The lowest BCUT2D eigenvalue weighted by Gasteiger charge is -2.19. The van der Waals surface area contributed by atoms with Crippen LogP contribution in [0.2, 0.25) is 0 Å². The van der Waals surface area contributed by atoms with Crippen molar-refractivity contribution < 1.29 is 25.2 Å². The lowest BCUT2D eigenvalue weighted by Crippen LogP contribution is -2.35. The van der Waals surface area contributed by atoms with Gasteiger partial charge in [0.2, 0.25) is 4.96 Å². The lowest BCUT2D eigenvalue weighted by molar-refractivity contribution is -0.0808. The standard InChI is InChI=1S/C15H18N4O5S2/c1-24-8-2-4-9(5-3-8)25-7-11-18-19-14(16-17-15(19)26-11)13(23)12(22)10(21)6-20/h2-5,10,12-13,20-23H,6-7H2,1H3/t10-,12+,13+/m1/s1. The van der Waals surface area contributed by atoms with E-state index in [4.69, 9.17) is 9.84 Å². The molecule has 11 heteroatoms. The van der Waals surface area contributed by atoms with Gasteiger partial charge in [-0.1, -0.05) is 11.3 Å². The second-order valence-corrected chi connectivity index (χ2v) is 7.49. The van der Waals surface area contributed by atoms with Gasteiger partial charge >= 0.3 is 0 Å². The van der Waals surface area contributed by atoms with Crippen LogP contribution in [0.1, 0.15) is 16.9 Å². The zero-order chi connectivity index (χ0) is 18.7. The van der Waals surface area contributed by atoms with E-state index in [1.165, 1.54) is 15.9 Å². The van der Waals surface area contributed by atoms with E-state index < -0.39 is 24.9 Å². The van der Waals surface area contributed by atoms with Crippen LogP contribution in [0, 0.1) is 0 Å². The Balaban J connectivity index is 1.72. The summed E-state index contributed by atoms with van der Waals surface area (Å²) in [6.45, 7) is -0.680. The largest absolute Gasteiger partial charge is 0.497 e. The molecule has 2 aromatic heterocycles. The maximum absolute atomic E-state index is 10.1. The number of aliphatic hydroxyl groups excluding tert-OH is 4. The van der Waals surface area contributed by atoms with Gasteiger partial charge in [0.05, 0.1) is 19.5 Å². The summed E-state index contributed by atoms with van der Waals surface area (Å²) in [6, 6.07) is 7.66. The molecule has 0 radical (unpaired) electrons. The Bertz CT molecular complexity index is 853. The topological polar surface area (TPSA) is 133 Å². The fourth-order valence-electron chi connectivity index (χ4n) is 2.20. The molecule has 2 heterocycles. The van der Waals surface area contributed by atoms with Gasteiger partial charge in [-0.25, -0.2) is 0 Å². The molecule has 0 amide bonds. The predicted molar refractivity (Wildman–Crippen MR) is 95.3 cm³/mol. The first-order valence-corrected chi connectivity index (χ1v) is 9.46. The number of fused-ring (bicyclic) bond motifs is 1. The van der Waals surface area contributed by atoms with Crippen molar-refractivity contribution in [3.05, 3.63) is 35.1 Å². The molecule has 3 rings (SSSR count). The maximum Gasteiger partial charge on any atom is 0.234 e. The second-order valence-electron chi connectivity index (χ2n) is 5.40. The van der Waals surface area contributed by atoms with Gasteiger partial charge in [-0.15, -0.1) is 22.0 Å². The number of methoxy groups -OCH3 is 1. The fourth-order valence-corrected chi connectivity index (χ4v) is 3.93.